The molecule has 0 fully saturated rings. The van der Waals surface area contributed by atoms with Gasteiger partial charge in [0.15, 0.2) is 12.5 Å². The van der Waals surface area contributed by atoms with Crippen LogP contribution < -0.4 is 0 Å². The van der Waals surface area contributed by atoms with Gasteiger partial charge in [-0.3, -0.25) is 0 Å². The van der Waals surface area contributed by atoms with Gasteiger partial charge in [0.25, 0.3) is 0 Å². The van der Waals surface area contributed by atoms with Crippen molar-refractivity contribution in [1.29, 1.82) is 0 Å². The molecule has 0 spiro atoms. The van der Waals surface area contributed by atoms with Crippen LogP contribution >= 0.6 is 0 Å². The number of rotatable bonds is 0. The molecule has 1 nitrogen and oxygen atoms in total. The summed E-state index contributed by atoms with van der Waals surface area (Å²) in [6.45, 7) is 0. The van der Waals surface area contributed by atoms with Crippen LogP contribution in [0.3, 0.4) is 0 Å². The fourth-order valence-corrected chi connectivity index (χ4v) is 0. The van der Waals surface area contributed by atoms with E-state index in [-0.39, 0.29) is 63.3 Å². The van der Waals surface area contributed by atoms with Crippen molar-refractivity contribution in [2.75, 3.05) is 0 Å². The van der Waals surface area contributed by atoms with Gasteiger partial charge in [0, 0.05) is 63.3 Å². The molecule has 0 bridgehead atoms. The first kappa shape index (κ1) is 27.6. The molecule has 0 saturated heterocycles. The minimum absolute atomic E-state index is 0. The van der Waals surface area contributed by atoms with Crippen LogP contribution in [0, 0.1) is 0 Å². The Hall–Kier alpha value is 2.07. The molecule has 0 rings (SSSR count). The van der Waals surface area contributed by atoms with Gasteiger partial charge in [0.2, 0.25) is 0 Å². The van der Waals surface area contributed by atoms with Gasteiger partial charge in [-0.1, -0.05) is 0 Å². The maximum Gasteiger partial charge on any atom is 0.197 e. The van der Waals surface area contributed by atoms with Crippen LogP contribution in [0.1, 0.15) is 0 Å². The van der Waals surface area contributed by atoms with Gasteiger partial charge in [-0.2, -0.15) is 4.21 Å². The van der Waals surface area contributed by atoms with Crippen LogP contribution in [0.5, 0.6) is 0 Å². The summed E-state index contributed by atoms with van der Waals surface area (Å²) < 4.78 is 7.83. The Morgan fingerprint density at radius 2 is 1.20 bits per heavy atom. The molecule has 0 aromatic heterocycles. The van der Waals surface area contributed by atoms with E-state index < -0.39 is 0 Å². The minimum atomic E-state index is 0. The van der Waals surface area contributed by atoms with E-state index in [0.29, 0.717) is 0 Å². The van der Waals surface area contributed by atoms with Gasteiger partial charge in [0.1, 0.15) is 0 Å². The van der Waals surface area contributed by atoms with E-state index in [1.54, 1.807) is 0 Å². The normalized spacial score (nSPS) is 0.800. The fraction of sp³-hybridized carbons (Fsp3) is 0. The first-order chi connectivity index (χ1) is 1.00. The molecule has 5 heteroatoms. The van der Waals surface area contributed by atoms with Crippen molar-refractivity contribution in [3.63, 3.8) is 0 Å². The molecule has 0 amide bonds. The molecule has 0 aliphatic rings. The van der Waals surface area contributed by atoms with Crippen molar-refractivity contribution in [3.8, 4) is 0 Å². The summed E-state index contributed by atoms with van der Waals surface area (Å²) in [6, 6.07) is 0. The molecule has 0 atom stereocenters. The van der Waals surface area contributed by atoms with E-state index in [2.05, 4.69) is 12.5 Å². The molecule has 4 radical (unpaired) electrons. The van der Waals surface area contributed by atoms with Gasteiger partial charge in [-0.15, -0.1) is 0 Å². The maximum atomic E-state index is 7.83. The molecule has 0 unspecified atom stereocenters. The third kappa shape index (κ3) is 23.5. The van der Waals surface area contributed by atoms with E-state index in [1.807, 2.05) is 0 Å². The van der Waals surface area contributed by atoms with Gasteiger partial charge < -0.3 is 0 Å². The molecule has 0 N–H and O–H groups in total. The van der Waals surface area contributed by atoms with Gasteiger partial charge in [-0.25, -0.2) is 0 Å². The molecular weight excluding hydrogens is 333 g/mol. The SMILES string of the molecule is O=S.[Cu].[In].[Pd]. The van der Waals surface area contributed by atoms with E-state index in [9.17, 15) is 0 Å². The maximum absolute atomic E-state index is 7.83. The van der Waals surface area contributed by atoms with E-state index in [0.717, 1.165) is 0 Å². The third-order valence-electron chi connectivity index (χ3n) is 0. The van der Waals surface area contributed by atoms with Crippen LogP contribution in [0.25, 0.3) is 0 Å². The summed E-state index contributed by atoms with van der Waals surface area (Å²) >= 11 is 2.83. The van der Waals surface area contributed by atoms with Gasteiger partial charge in [-0.05, 0) is 0 Å². The predicted molar refractivity (Wildman–Crippen MR) is 13.9 cm³/mol. The van der Waals surface area contributed by atoms with Crippen LogP contribution in [-0.2, 0) is 50.0 Å². The summed E-state index contributed by atoms with van der Waals surface area (Å²) in [4.78, 5) is 0. The smallest absolute Gasteiger partial charge is 0.197 e. The first-order valence-corrected chi connectivity index (χ1v) is 0.500. The van der Waals surface area contributed by atoms with Crippen molar-refractivity contribution in [3.05, 3.63) is 0 Å². The van der Waals surface area contributed by atoms with E-state index >= 15 is 0 Å². The summed E-state index contributed by atoms with van der Waals surface area (Å²) in [5.41, 5.74) is 0. The van der Waals surface area contributed by atoms with Gasteiger partial charge >= 0.3 is 0 Å². The third-order valence-corrected chi connectivity index (χ3v) is 0. The van der Waals surface area contributed by atoms with E-state index in [1.165, 1.54) is 0 Å². The molecule has 0 aromatic carbocycles. The summed E-state index contributed by atoms with van der Waals surface area (Å²) in [5.74, 6) is 0. The zero-order chi connectivity index (χ0) is 2.00. The van der Waals surface area contributed by atoms with E-state index in [4.69, 9.17) is 4.21 Å². The molecule has 5 heavy (non-hydrogen) atoms. The summed E-state index contributed by atoms with van der Waals surface area (Å²) in [6.07, 6.45) is 0. The number of hydrogen-bond acceptors (Lipinski definition) is 2. The van der Waals surface area contributed by atoms with Crippen molar-refractivity contribution in [2.45, 2.75) is 0 Å². The average molecular weight is 333 g/mol. The van der Waals surface area contributed by atoms with Crippen molar-refractivity contribution >= 4 is 38.4 Å². The molecule has 0 aromatic rings. The molecule has 0 aliphatic carbocycles. The standard InChI is InChI=1S/Cu.In.OS.Pd/c;;1-2;. The zero-order valence-corrected chi connectivity index (χ0v) is 8.62. The second kappa shape index (κ2) is 36.4. The van der Waals surface area contributed by atoms with Crippen molar-refractivity contribution < 1.29 is 41.7 Å². The topological polar surface area (TPSA) is 17.1 Å². The Morgan fingerprint density at radius 3 is 1.20 bits per heavy atom. The fourth-order valence-electron chi connectivity index (χ4n) is 0. The van der Waals surface area contributed by atoms with Crippen LogP contribution in [-0.4, -0.2) is 30.1 Å². The summed E-state index contributed by atoms with van der Waals surface area (Å²) in [5, 5.41) is 0. The Labute approximate surface area is 79.1 Å². The average Bonchev–Trinajstić information content (AvgIpc) is 1.00. The Balaban J connectivity index is -0.00000000167. The van der Waals surface area contributed by atoms with Crippen molar-refractivity contribution in [2.24, 2.45) is 0 Å². The molecule has 36 valence electrons. The van der Waals surface area contributed by atoms with Crippen LogP contribution in [0.15, 0.2) is 0 Å². The monoisotopic (exact) mass is 332 g/mol. The zero-order valence-electron chi connectivity index (χ0n) is 2.01. The number of hydrogen-bond donors (Lipinski definition) is 0. The summed E-state index contributed by atoms with van der Waals surface area (Å²) in [7, 11) is 0. The molecule has 0 saturated carbocycles. The first-order valence-electron chi connectivity index (χ1n) is 0.167. The molecule has 0 aliphatic heterocycles. The largest absolute Gasteiger partial charge is 0.197 e. The second-order valence-electron chi connectivity index (χ2n) is 0. The van der Waals surface area contributed by atoms with Gasteiger partial charge in [0.05, 0.1) is 0 Å². The minimum Gasteiger partial charge on any atom is -0.197 e. The molecule has 0 heterocycles. The second-order valence-corrected chi connectivity index (χ2v) is 0. The Bertz CT molecular complexity index is 11.6. The Kier molecular flexibility index (Phi) is 201. The van der Waals surface area contributed by atoms with Crippen molar-refractivity contribution in [1.82, 2.24) is 0 Å². The molecular formula is CuInOPdS. The predicted octanol–water partition coefficient (Wildman–Crippen LogP) is -0.722. The quantitative estimate of drug-likeness (QED) is 0.545. The van der Waals surface area contributed by atoms with Crippen LogP contribution in [0.4, 0.5) is 0 Å². The Morgan fingerprint density at radius 1 is 1.20 bits per heavy atom. The van der Waals surface area contributed by atoms with Crippen LogP contribution in [0.2, 0.25) is 0 Å².